The molecule has 1 aliphatic carbocycles. The Hall–Kier alpha value is -1.16. The van der Waals surface area contributed by atoms with E-state index in [0.29, 0.717) is 22.5 Å². The molecule has 0 radical (unpaired) electrons. The summed E-state index contributed by atoms with van der Waals surface area (Å²) < 4.78 is 6.24. The van der Waals surface area contributed by atoms with Crippen molar-refractivity contribution in [2.45, 2.75) is 46.1 Å². The van der Waals surface area contributed by atoms with Crippen molar-refractivity contribution in [2.24, 2.45) is 23.5 Å². The lowest BCUT2D eigenvalue weighted by Gasteiger charge is -2.37. The summed E-state index contributed by atoms with van der Waals surface area (Å²) in [5.41, 5.74) is 6.25. The highest BCUT2D eigenvalue weighted by atomic mass is 32.1. The summed E-state index contributed by atoms with van der Waals surface area (Å²) in [5.74, 6) is 2.82. The minimum absolute atomic E-state index is 0.278. The molecule has 3 nitrogen and oxygen atoms in total. The second-order valence-corrected chi connectivity index (χ2v) is 6.66. The molecule has 0 spiro atoms. The highest BCUT2D eigenvalue weighted by molar-refractivity contribution is 7.80. The van der Waals surface area contributed by atoms with Crippen molar-refractivity contribution in [1.29, 1.82) is 0 Å². The molecule has 0 saturated heterocycles. The average Bonchev–Trinajstić information content (AvgIpc) is 2.38. The summed E-state index contributed by atoms with van der Waals surface area (Å²) in [7, 11) is 0. The quantitative estimate of drug-likeness (QED) is 0.862. The predicted molar refractivity (Wildman–Crippen MR) is 85.9 cm³/mol. The van der Waals surface area contributed by atoms with E-state index >= 15 is 0 Å². The number of aromatic nitrogens is 1. The summed E-state index contributed by atoms with van der Waals surface area (Å²) in [4.78, 5) is 4.47. The molecule has 1 saturated carbocycles. The van der Waals surface area contributed by atoms with Crippen molar-refractivity contribution in [3.05, 3.63) is 24.0 Å². The highest BCUT2D eigenvalue weighted by Crippen LogP contribution is 2.35. The van der Waals surface area contributed by atoms with Crippen molar-refractivity contribution < 1.29 is 4.74 Å². The standard InChI is InChI=1S/C16H24N2OS/c1-10(2)13-5-4-11(3)8-15(13)19-12-6-7-18-14(9-12)16(17)20/h6-7,9-11,13,15H,4-5,8H2,1-3H3,(H2,17,20). The number of rotatable bonds is 4. The third-order valence-electron chi connectivity index (χ3n) is 4.23. The minimum atomic E-state index is 0.278. The largest absolute Gasteiger partial charge is 0.490 e. The van der Waals surface area contributed by atoms with Crippen LogP contribution in [-0.2, 0) is 0 Å². The van der Waals surface area contributed by atoms with Crippen LogP contribution in [0.4, 0.5) is 0 Å². The molecule has 1 heterocycles. The maximum absolute atomic E-state index is 6.24. The van der Waals surface area contributed by atoms with Gasteiger partial charge in [0.25, 0.3) is 0 Å². The molecule has 20 heavy (non-hydrogen) atoms. The predicted octanol–water partition coefficient (Wildman–Crippen LogP) is 3.56. The first kappa shape index (κ1) is 15.2. The minimum Gasteiger partial charge on any atom is -0.490 e. The van der Waals surface area contributed by atoms with E-state index in [1.165, 1.54) is 12.8 Å². The van der Waals surface area contributed by atoms with Gasteiger partial charge in [0, 0.05) is 12.3 Å². The van der Waals surface area contributed by atoms with E-state index in [-0.39, 0.29) is 6.10 Å². The number of thiocarbonyl (C=S) groups is 1. The van der Waals surface area contributed by atoms with E-state index in [0.717, 1.165) is 18.1 Å². The van der Waals surface area contributed by atoms with Crippen LogP contribution in [0, 0.1) is 17.8 Å². The van der Waals surface area contributed by atoms with E-state index < -0.39 is 0 Å². The molecule has 2 rings (SSSR count). The Bertz CT molecular complexity index is 475. The summed E-state index contributed by atoms with van der Waals surface area (Å²) >= 11 is 4.97. The Morgan fingerprint density at radius 3 is 2.85 bits per heavy atom. The molecule has 0 amide bonds. The molecule has 1 aromatic heterocycles. The molecule has 0 bridgehead atoms. The van der Waals surface area contributed by atoms with Gasteiger partial charge in [0.2, 0.25) is 0 Å². The topological polar surface area (TPSA) is 48.1 Å². The Morgan fingerprint density at radius 1 is 1.45 bits per heavy atom. The van der Waals surface area contributed by atoms with Crippen molar-refractivity contribution >= 4 is 17.2 Å². The van der Waals surface area contributed by atoms with Gasteiger partial charge in [-0.1, -0.05) is 39.4 Å². The lowest BCUT2D eigenvalue weighted by atomic mass is 9.75. The Balaban J connectivity index is 2.13. The lowest BCUT2D eigenvalue weighted by molar-refractivity contribution is 0.0459. The van der Waals surface area contributed by atoms with Crippen LogP contribution < -0.4 is 10.5 Å². The summed E-state index contributed by atoms with van der Waals surface area (Å²) in [6.45, 7) is 6.87. The lowest BCUT2D eigenvalue weighted by Crippen LogP contribution is -2.36. The fourth-order valence-electron chi connectivity index (χ4n) is 3.04. The molecule has 0 aromatic carbocycles. The molecule has 2 N–H and O–H groups in total. The fraction of sp³-hybridized carbons (Fsp3) is 0.625. The molecule has 3 atom stereocenters. The molecule has 1 aromatic rings. The van der Waals surface area contributed by atoms with Crippen molar-refractivity contribution in [3.8, 4) is 5.75 Å². The molecule has 1 fully saturated rings. The van der Waals surface area contributed by atoms with Crippen LogP contribution in [0.15, 0.2) is 18.3 Å². The third kappa shape index (κ3) is 3.69. The Labute approximate surface area is 126 Å². The van der Waals surface area contributed by atoms with Crippen LogP contribution in [0.3, 0.4) is 0 Å². The van der Waals surface area contributed by atoms with Crippen LogP contribution in [-0.4, -0.2) is 16.1 Å². The maximum atomic E-state index is 6.24. The molecular weight excluding hydrogens is 268 g/mol. The van der Waals surface area contributed by atoms with Crippen LogP contribution in [0.5, 0.6) is 5.75 Å². The Kier molecular flexibility index (Phi) is 4.97. The van der Waals surface area contributed by atoms with Crippen LogP contribution in [0.2, 0.25) is 0 Å². The molecule has 110 valence electrons. The monoisotopic (exact) mass is 292 g/mol. The van der Waals surface area contributed by atoms with Gasteiger partial charge in [-0.2, -0.15) is 0 Å². The SMILES string of the molecule is CC1CCC(C(C)C)C(Oc2ccnc(C(N)=S)c2)C1. The zero-order valence-electron chi connectivity index (χ0n) is 12.5. The number of pyridine rings is 1. The second-order valence-electron chi connectivity index (χ2n) is 6.22. The van der Waals surface area contributed by atoms with E-state index in [1.807, 2.05) is 12.1 Å². The van der Waals surface area contributed by atoms with Crippen molar-refractivity contribution in [2.75, 3.05) is 0 Å². The van der Waals surface area contributed by atoms with Gasteiger partial charge in [-0.3, -0.25) is 4.98 Å². The normalized spacial score (nSPS) is 26.5. The van der Waals surface area contributed by atoms with Gasteiger partial charge < -0.3 is 10.5 Å². The van der Waals surface area contributed by atoms with E-state index in [9.17, 15) is 0 Å². The van der Waals surface area contributed by atoms with Gasteiger partial charge in [-0.25, -0.2) is 0 Å². The second kappa shape index (κ2) is 6.53. The zero-order chi connectivity index (χ0) is 14.7. The smallest absolute Gasteiger partial charge is 0.123 e. The van der Waals surface area contributed by atoms with Crippen LogP contribution in [0.25, 0.3) is 0 Å². The third-order valence-corrected chi connectivity index (χ3v) is 4.44. The number of hydrogen-bond acceptors (Lipinski definition) is 3. The number of nitrogens with two attached hydrogens (primary N) is 1. The maximum Gasteiger partial charge on any atom is 0.123 e. The highest BCUT2D eigenvalue weighted by Gasteiger charge is 2.32. The van der Waals surface area contributed by atoms with E-state index in [4.69, 9.17) is 22.7 Å². The van der Waals surface area contributed by atoms with Crippen LogP contribution in [0.1, 0.15) is 45.7 Å². The van der Waals surface area contributed by atoms with Crippen molar-refractivity contribution in [3.63, 3.8) is 0 Å². The number of ether oxygens (including phenoxy) is 1. The summed E-state index contributed by atoms with van der Waals surface area (Å²) in [6, 6.07) is 3.73. The first-order valence-corrected chi connectivity index (χ1v) is 7.80. The fourth-order valence-corrected chi connectivity index (χ4v) is 3.16. The summed E-state index contributed by atoms with van der Waals surface area (Å²) in [6.07, 6.45) is 5.66. The van der Waals surface area contributed by atoms with Gasteiger partial charge >= 0.3 is 0 Å². The van der Waals surface area contributed by atoms with E-state index in [2.05, 4.69) is 25.8 Å². The first-order chi connectivity index (χ1) is 9.47. The number of hydrogen-bond donors (Lipinski definition) is 1. The molecular formula is C16H24N2OS. The van der Waals surface area contributed by atoms with E-state index in [1.54, 1.807) is 6.20 Å². The van der Waals surface area contributed by atoms with Gasteiger partial charge in [0.15, 0.2) is 0 Å². The zero-order valence-corrected chi connectivity index (χ0v) is 13.3. The Morgan fingerprint density at radius 2 is 2.20 bits per heavy atom. The van der Waals surface area contributed by atoms with Gasteiger partial charge in [0.05, 0.1) is 0 Å². The number of nitrogens with zero attached hydrogens (tertiary/aromatic N) is 1. The molecule has 0 aliphatic heterocycles. The molecule has 1 aliphatic rings. The first-order valence-electron chi connectivity index (χ1n) is 7.40. The van der Waals surface area contributed by atoms with Gasteiger partial charge in [-0.15, -0.1) is 0 Å². The molecule has 4 heteroatoms. The van der Waals surface area contributed by atoms with Crippen LogP contribution >= 0.6 is 12.2 Å². The molecule has 3 unspecified atom stereocenters. The average molecular weight is 292 g/mol. The summed E-state index contributed by atoms with van der Waals surface area (Å²) in [5, 5.41) is 0. The van der Waals surface area contributed by atoms with Gasteiger partial charge in [-0.05, 0) is 36.7 Å². The van der Waals surface area contributed by atoms with Gasteiger partial charge in [0.1, 0.15) is 22.5 Å². The van der Waals surface area contributed by atoms with Crippen molar-refractivity contribution in [1.82, 2.24) is 4.98 Å².